The number of rotatable bonds is 5. The summed E-state index contributed by atoms with van der Waals surface area (Å²) in [6.07, 6.45) is 5.97. The van der Waals surface area contributed by atoms with Crippen LogP contribution < -0.4 is 0 Å². The van der Waals surface area contributed by atoms with Gasteiger partial charge in [-0.15, -0.1) is 0 Å². The molecule has 112 valence electrons. The molecule has 0 atom stereocenters. The van der Waals surface area contributed by atoms with Crippen LogP contribution >= 0.6 is 11.8 Å². The molecular weight excluding hydrogens is 301 g/mol. The smallest absolute Gasteiger partial charge is 0.257 e. The maximum atomic E-state index is 13.7. The summed E-state index contributed by atoms with van der Waals surface area (Å²) in [5.41, 5.74) is 2.38. The van der Waals surface area contributed by atoms with E-state index in [1.165, 1.54) is 6.07 Å². The molecule has 0 bridgehead atoms. The highest BCUT2D eigenvalue weighted by Gasteiger charge is 2.12. The zero-order valence-electron chi connectivity index (χ0n) is 12.0. The van der Waals surface area contributed by atoms with E-state index in [4.69, 9.17) is 4.52 Å². The van der Waals surface area contributed by atoms with E-state index >= 15 is 0 Å². The van der Waals surface area contributed by atoms with Gasteiger partial charge in [-0.2, -0.15) is 16.7 Å². The van der Waals surface area contributed by atoms with Crippen molar-refractivity contribution in [1.82, 2.24) is 15.1 Å². The van der Waals surface area contributed by atoms with Crippen molar-refractivity contribution in [2.24, 2.45) is 0 Å². The predicted molar refractivity (Wildman–Crippen MR) is 84.0 cm³/mol. The molecule has 0 saturated heterocycles. The van der Waals surface area contributed by atoms with E-state index in [1.807, 2.05) is 18.4 Å². The van der Waals surface area contributed by atoms with E-state index in [2.05, 4.69) is 15.1 Å². The zero-order valence-corrected chi connectivity index (χ0v) is 12.8. The summed E-state index contributed by atoms with van der Waals surface area (Å²) < 4.78 is 19.0. The van der Waals surface area contributed by atoms with Crippen LogP contribution in [-0.4, -0.2) is 21.4 Å². The fraction of sp³-hybridized carbons (Fsp3) is 0.188. The van der Waals surface area contributed by atoms with Gasteiger partial charge in [-0.25, -0.2) is 4.39 Å². The number of benzene rings is 1. The van der Waals surface area contributed by atoms with Crippen LogP contribution in [0.25, 0.3) is 11.5 Å². The standard InChI is InChI=1S/C16H14FN3OS/c1-22-10-13-8-12(4-5-14(13)17)16-19-15(20-21-16)7-11-3-2-6-18-9-11/h2-6,8-9H,7,10H2,1H3. The van der Waals surface area contributed by atoms with Crippen molar-refractivity contribution < 1.29 is 8.91 Å². The lowest BCUT2D eigenvalue weighted by Crippen LogP contribution is -1.92. The summed E-state index contributed by atoms with van der Waals surface area (Å²) in [6.45, 7) is 0. The highest BCUT2D eigenvalue weighted by Crippen LogP contribution is 2.23. The third-order valence-electron chi connectivity index (χ3n) is 3.15. The fourth-order valence-corrected chi connectivity index (χ4v) is 2.63. The van der Waals surface area contributed by atoms with Crippen molar-refractivity contribution in [2.45, 2.75) is 12.2 Å². The highest BCUT2D eigenvalue weighted by atomic mass is 32.2. The molecule has 2 heterocycles. The number of hydrogen-bond acceptors (Lipinski definition) is 5. The number of halogens is 1. The van der Waals surface area contributed by atoms with Crippen LogP contribution in [0, 0.1) is 5.82 Å². The Balaban J connectivity index is 1.83. The van der Waals surface area contributed by atoms with Crippen molar-refractivity contribution in [3.63, 3.8) is 0 Å². The fourth-order valence-electron chi connectivity index (χ4n) is 2.10. The first-order valence-electron chi connectivity index (χ1n) is 6.75. The zero-order chi connectivity index (χ0) is 15.4. The van der Waals surface area contributed by atoms with E-state index < -0.39 is 0 Å². The normalized spacial score (nSPS) is 10.8. The third kappa shape index (κ3) is 3.33. The summed E-state index contributed by atoms with van der Waals surface area (Å²) in [4.78, 5) is 8.43. The van der Waals surface area contributed by atoms with Crippen LogP contribution in [0.3, 0.4) is 0 Å². The van der Waals surface area contributed by atoms with Gasteiger partial charge in [0.25, 0.3) is 5.89 Å². The topological polar surface area (TPSA) is 51.8 Å². The highest BCUT2D eigenvalue weighted by molar-refractivity contribution is 7.97. The summed E-state index contributed by atoms with van der Waals surface area (Å²) in [6, 6.07) is 8.67. The Kier molecular flexibility index (Phi) is 4.48. The Morgan fingerprint density at radius 3 is 2.95 bits per heavy atom. The molecule has 0 N–H and O–H groups in total. The molecule has 2 aromatic heterocycles. The lowest BCUT2D eigenvalue weighted by atomic mass is 10.1. The summed E-state index contributed by atoms with van der Waals surface area (Å²) in [7, 11) is 0. The van der Waals surface area contributed by atoms with Gasteiger partial charge in [-0.1, -0.05) is 11.2 Å². The van der Waals surface area contributed by atoms with Crippen molar-refractivity contribution in [3.05, 3.63) is 65.5 Å². The van der Waals surface area contributed by atoms with Crippen LogP contribution in [-0.2, 0) is 12.2 Å². The van der Waals surface area contributed by atoms with Gasteiger partial charge < -0.3 is 4.52 Å². The van der Waals surface area contributed by atoms with Crippen molar-refractivity contribution in [2.75, 3.05) is 6.26 Å². The van der Waals surface area contributed by atoms with E-state index in [1.54, 1.807) is 36.3 Å². The molecule has 3 rings (SSSR count). The van der Waals surface area contributed by atoms with Crippen molar-refractivity contribution >= 4 is 11.8 Å². The first-order valence-corrected chi connectivity index (χ1v) is 8.15. The van der Waals surface area contributed by atoms with E-state index in [0.29, 0.717) is 29.5 Å². The van der Waals surface area contributed by atoms with Crippen LogP contribution in [0.1, 0.15) is 17.0 Å². The molecule has 0 saturated carbocycles. The maximum Gasteiger partial charge on any atom is 0.257 e. The molecule has 22 heavy (non-hydrogen) atoms. The largest absolute Gasteiger partial charge is 0.334 e. The summed E-state index contributed by atoms with van der Waals surface area (Å²) in [5.74, 6) is 1.38. The van der Waals surface area contributed by atoms with Crippen molar-refractivity contribution in [1.29, 1.82) is 0 Å². The molecule has 1 aromatic carbocycles. The Bertz CT molecular complexity index is 761. The average molecular weight is 315 g/mol. The molecule has 0 aliphatic carbocycles. The molecule has 0 amide bonds. The molecule has 0 aliphatic rings. The van der Waals surface area contributed by atoms with Gasteiger partial charge in [-0.05, 0) is 41.6 Å². The van der Waals surface area contributed by atoms with Gasteiger partial charge >= 0.3 is 0 Å². The third-order valence-corrected chi connectivity index (χ3v) is 3.75. The molecule has 0 spiro atoms. The van der Waals surface area contributed by atoms with Gasteiger partial charge in [0, 0.05) is 30.1 Å². The van der Waals surface area contributed by atoms with Crippen LogP contribution in [0.2, 0.25) is 0 Å². The van der Waals surface area contributed by atoms with Crippen LogP contribution in [0.5, 0.6) is 0 Å². The van der Waals surface area contributed by atoms with Gasteiger partial charge in [0.1, 0.15) is 5.82 Å². The first kappa shape index (κ1) is 14.7. The van der Waals surface area contributed by atoms with E-state index in [0.717, 1.165) is 11.1 Å². The monoisotopic (exact) mass is 315 g/mol. The second kappa shape index (κ2) is 6.70. The Hall–Kier alpha value is -2.21. The lowest BCUT2D eigenvalue weighted by molar-refractivity contribution is 0.424. The predicted octanol–water partition coefficient (Wildman–Crippen LogP) is 3.72. The molecule has 0 aliphatic heterocycles. The maximum absolute atomic E-state index is 13.7. The summed E-state index contributed by atoms with van der Waals surface area (Å²) in [5, 5.41) is 3.97. The molecule has 6 heteroatoms. The molecule has 0 fully saturated rings. The van der Waals surface area contributed by atoms with Gasteiger partial charge in [0.2, 0.25) is 0 Å². The minimum atomic E-state index is -0.215. The number of pyridine rings is 1. The Morgan fingerprint density at radius 2 is 2.18 bits per heavy atom. The van der Waals surface area contributed by atoms with Crippen LogP contribution in [0.4, 0.5) is 4.39 Å². The van der Waals surface area contributed by atoms with Crippen molar-refractivity contribution in [3.8, 4) is 11.5 Å². The number of thioether (sulfide) groups is 1. The average Bonchev–Trinajstić information content (AvgIpc) is 2.99. The SMILES string of the molecule is CSCc1cc(-c2nc(Cc3cccnc3)no2)ccc1F. The molecule has 3 aromatic rings. The molecular formula is C16H14FN3OS. The Labute approximate surface area is 131 Å². The Morgan fingerprint density at radius 1 is 1.27 bits per heavy atom. The minimum absolute atomic E-state index is 0.215. The molecule has 0 unspecified atom stereocenters. The number of aromatic nitrogens is 3. The summed E-state index contributed by atoms with van der Waals surface area (Å²) >= 11 is 1.57. The van der Waals surface area contributed by atoms with E-state index in [9.17, 15) is 4.39 Å². The molecule has 0 radical (unpaired) electrons. The number of nitrogens with zero attached hydrogens (tertiary/aromatic N) is 3. The second-order valence-electron chi connectivity index (χ2n) is 4.79. The lowest BCUT2D eigenvalue weighted by Gasteiger charge is -2.02. The van der Waals surface area contributed by atoms with Gasteiger partial charge in [-0.3, -0.25) is 4.98 Å². The number of hydrogen-bond donors (Lipinski definition) is 0. The minimum Gasteiger partial charge on any atom is -0.334 e. The molecule has 4 nitrogen and oxygen atoms in total. The van der Waals surface area contributed by atoms with Crippen LogP contribution in [0.15, 0.2) is 47.2 Å². The first-order chi connectivity index (χ1) is 10.8. The second-order valence-corrected chi connectivity index (χ2v) is 5.66. The van der Waals surface area contributed by atoms with E-state index in [-0.39, 0.29) is 5.82 Å². The quantitative estimate of drug-likeness (QED) is 0.718. The van der Waals surface area contributed by atoms with Gasteiger partial charge in [0.15, 0.2) is 5.82 Å². The van der Waals surface area contributed by atoms with Gasteiger partial charge in [0.05, 0.1) is 0 Å².